The molecule has 0 radical (unpaired) electrons. The van der Waals surface area contributed by atoms with Gasteiger partial charge in [0.1, 0.15) is 5.82 Å². The van der Waals surface area contributed by atoms with Gasteiger partial charge in [0.2, 0.25) is 0 Å². The number of benzene rings is 1. The Hall–Kier alpha value is -0.890. The van der Waals surface area contributed by atoms with E-state index in [4.69, 9.17) is 11.6 Å². The summed E-state index contributed by atoms with van der Waals surface area (Å²) < 4.78 is 12.6. The Morgan fingerprint density at radius 1 is 1.58 bits per heavy atom. The quantitative estimate of drug-likeness (QED) is 0.513. The Bertz CT molecular complexity index is 296. The van der Waals surface area contributed by atoms with Crippen LogP contribution in [-0.4, -0.2) is 11.2 Å². The highest BCUT2D eigenvalue weighted by molar-refractivity contribution is 6.33. The smallest absolute Gasteiger partial charge is 0.180 e. The number of carbonyl (C=O) groups excluding carboxylic acids is 1. The first kappa shape index (κ1) is 9.20. The fraction of sp³-hybridized carbons (Fsp3) is 0.222. The third-order valence-electron chi connectivity index (χ3n) is 1.47. The molecule has 0 spiro atoms. The second kappa shape index (κ2) is 3.68. The summed E-state index contributed by atoms with van der Waals surface area (Å²) >= 11 is 5.54. The van der Waals surface area contributed by atoms with E-state index in [9.17, 15) is 9.18 Å². The van der Waals surface area contributed by atoms with Crippen molar-refractivity contribution in [2.75, 3.05) is 0 Å². The summed E-state index contributed by atoms with van der Waals surface area (Å²) in [6.45, 7) is 1.56. The van der Waals surface area contributed by atoms with Crippen LogP contribution in [0.4, 0.5) is 4.39 Å². The molecule has 0 saturated heterocycles. The highest BCUT2D eigenvalue weighted by Crippen LogP contribution is 2.09. The highest BCUT2D eigenvalue weighted by Gasteiger charge is 2.11. The van der Waals surface area contributed by atoms with Crippen molar-refractivity contribution in [1.29, 1.82) is 0 Å². The maximum absolute atomic E-state index is 12.6. The number of rotatable bonds is 2. The lowest BCUT2D eigenvalue weighted by Crippen LogP contribution is -2.10. The van der Waals surface area contributed by atoms with E-state index in [1.165, 1.54) is 18.2 Å². The molecule has 0 heterocycles. The molecule has 0 aliphatic carbocycles. The van der Waals surface area contributed by atoms with Crippen molar-refractivity contribution >= 4 is 17.4 Å². The van der Waals surface area contributed by atoms with E-state index in [1.54, 1.807) is 13.0 Å². The van der Waals surface area contributed by atoms with Gasteiger partial charge in [0.25, 0.3) is 0 Å². The van der Waals surface area contributed by atoms with Gasteiger partial charge >= 0.3 is 0 Å². The highest BCUT2D eigenvalue weighted by atomic mass is 35.5. The largest absolute Gasteiger partial charge is 0.293 e. The number of hydrogen-bond acceptors (Lipinski definition) is 1. The zero-order chi connectivity index (χ0) is 9.14. The van der Waals surface area contributed by atoms with E-state index in [2.05, 4.69) is 0 Å². The van der Waals surface area contributed by atoms with Crippen molar-refractivity contribution in [3.05, 3.63) is 35.6 Å². The number of Topliss-reactive ketones (excluding diaryl/α,β-unsaturated/α-hetero) is 1. The van der Waals surface area contributed by atoms with Crippen LogP contribution in [0.15, 0.2) is 24.3 Å². The van der Waals surface area contributed by atoms with Crippen LogP contribution >= 0.6 is 11.6 Å². The lowest BCUT2D eigenvalue weighted by atomic mass is 10.1. The molecule has 0 saturated carbocycles. The molecule has 1 aromatic rings. The molecule has 0 N–H and O–H groups in total. The van der Waals surface area contributed by atoms with Crippen LogP contribution in [0.1, 0.15) is 17.3 Å². The number of hydrogen-bond donors (Lipinski definition) is 0. The van der Waals surface area contributed by atoms with Crippen LogP contribution < -0.4 is 0 Å². The Morgan fingerprint density at radius 2 is 2.25 bits per heavy atom. The first-order valence-corrected chi connectivity index (χ1v) is 3.99. The Labute approximate surface area is 75.2 Å². The molecule has 64 valence electrons. The molecule has 0 fully saturated rings. The summed E-state index contributed by atoms with van der Waals surface area (Å²) in [5.74, 6) is -0.672. The van der Waals surface area contributed by atoms with Crippen molar-refractivity contribution < 1.29 is 9.18 Å². The maximum Gasteiger partial charge on any atom is 0.180 e. The SMILES string of the molecule is CC(Cl)C(=O)c1cccc(F)c1. The monoisotopic (exact) mass is 186 g/mol. The van der Waals surface area contributed by atoms with E-state index in [0.717, 1.165) is 0 Å². The summed E-state index contributed by atoms with van der Waals surface area (Å²) in [6, 6.07) is 5.50. The van der Waals surface area contributed by atoms with Crippen molar-refractivity contribution in [2.24, 2.45) is 0 Å². The minimum absolute atomic E-state index is 0.254. The molecule has 0 aliphatic rings. The average Bonchev–Trinajstić information content (AvgIpc) is 2.03. The normalized spacial score (nSPS) is 12.6. The lowest BCUT2D eigenvalue weighted by Gasteiger charge is -2.01. The van der Waals surface area contributed by atoms with Crippen molar-refractivity contribution in [1.82, 2.24) is 0 Å². The number of alkyl halides is 1. The zero-order valence-corrected chi connectivity index (χ0v) is 7.31. The van der Waals surface area contributed by atoms with Gasteiger partial charge in [0, 0.05) is 5.56 Å². The third kappa shape index (κ3) is 2.05. The molecule has 0 bridgehead atoms. The predicted molar refractivity (Wildman–Crippen MR) is 46.0 cm³/mol. The van der Waals surface area contributed by atoms with Crippen LogP contribution in [0.2, 0.25) is 0 Å². The first-order chi connectivity index (χ1) is 5.61. The molecule has 1 atom stereocenters. The van der Waals surface area contributed by atoms with Crippen LogP contribution in [0.3, 0.4) is 0 Å². The van der Waals surface area contributed by atoms with Gasteiger partial charge in [-0.15, -0.1) is 11.6 Å². The van der Waals surface area contributed by atoms with Gasteiger partial charge in [-0.3, -0.25) is 4.79 Å². The van der Waals surface area contributed by atoms with Gasteiger partial charge in [-0.2, -0.15) is 0 Å². The summed E-state index contributed by atoms with van der Waals surface area (Å²) in [7, 11) is 0. The minimum atomic E-state index is -0.605. The number of carbonyl (C=O) groups is 1. The lowest BCUT2D eigenvalue weighted by molar-refractivity contribution is 0.0991. The van der Waals surface area contributed by atoms with Crippen molar-refractivity contribution in [2.45, 2.75) is 12.3 Å². The molecule has 1 unspecified atom stereocenters. The van der Waals surface area contributed by atoms with E-state index in [0.29, 0.717) is 5.56 Å². The molecular formula is C9H8ClFO. The predicted octanol–water partition coefficient (Wildman–Crippen LogP) is 2.64. The van der Waals surface area contributed by atoms with E-state index >= 15 is 0 Å². The average molecular weight is 187 g/mol. The molecule has 0 aromatic heterocycles. The Kier molecular flexibility index (Phi) is 2.82. The summed E-state index contributed by atoms with van der Waals surface area (Å²) in [5.41, 5.74) is 0.317. The molecule has 1 nitrogen and oxygen atoms in total. The van der Waals surface area contributed by atoms with Gasteiger partial charge in [-0.1, -0.05) is 12.1 Å². The summed E-state index contributed by atoms with van der Waals surface area (Å²) in [5, 5.41) is -0.605. The van der Waals surface area contributed by atoms with Crippen molar-refractivity contribution in [3.63, 3.8) is 0 Å². The van der Waals surface area contributed by atoms with E-state index in [-0.39, 0.29) is 5.78 Å². The van der Waals surface area contributed by atoms with Crippen LogP contribution in [-0.2, 0) is 0 Å². The Balaban J connectivity index is 2.96. The molecule has 1 aromatic carbocycles. The number of halogens is 2. The molecular weight excluding hydrogens is 179 g/mol. The van der Waals surface area contributed by atoms with Crippen LogP contribution in [0, 0.1) is 5.82 Å². The van der Waals surface area contributed by atoms with Gasteiger partial charge in [-0.25, -0.2) is 4.39 Å². The Morgan fingerprint density at radius 3 is 2.75 bits per heavy atom. The zero-order valence-electron chi connectivity index (χ0n) is 6.55. The second-order valence-corrected chi connectivity index (χ2v) is 3.15. The summed E-state index contributed by atoms with van der Waals surface area (Å²) in [4.78, 5) is 11.2. The maximum atomic E-state index is 12.6. The van der Waals surface area contributed by atoms with Crippen LogP contribution in [0.5, 0.6) is 0 Å². The van der Waals surface area contributed by atoms with Gasteiger partial charge < -0.3 is 0 Å². The molecule has 0 amide bonds. The minimum Gasteiger partial charge on any atom is -0.293 e. The fourth-order valence-electron chi connectivity index (χ4n) is 0.871. The fourth-order valence-corrected chi connectivity index (χ4v) is 0.997. The molecule has 12 heavy (non-hydrogen) atoms. The van der Waals surface area contributed by atoms with E-state index < -0.39 is 11.2 Å². The summed E-state index contributed by atoms with van der Waals surface area (Å²) in [6.07, 6.45) is 0. The standard InChI is InChI=1S/C9H8ClFO/c1-6(10)9(12)7-3-2-4-8(11)5-7/h2-6H,1H3. The van der Waals surface area contributed by atoms with Gasteiger partial charge in [-0.05, 0) is 19.1 Å². The van der Waals surface area contributed by atoms with E-state index in [1.807, 2.05) is 0 Å². The van der Waals surface area contributed by atoms with Gasteiger partial charge in [0.05, 0.1) is 5.38 Å². The second-order valence-electron chi connectivity index (χ2n) is 2.49. The topological polar surface area (TPSA) is 17.1 Å². The first-order valence-electron chi connectivity index (χ1n) is 3.55. The third-order valence-corrected chi connectivity index (χ3v) is 1.67. The molecule has 3 heteroatoms. The molecule has 1 rings (SSSR count). The van der Waals surface area contributed by atoms with Crippen molar-refractivity contribution in [3.8, 4) is 0 Å². The van der Waals surface area contributed by atoms with Gasteiger partial charge in [0.15, 0.2) is 5.78 Å². The van der Waals surface area contributed by atoms with Crippen LogP contribution in [0.25, 0.3) is 0 Å². The number of ketones is 1. The molecule has 0 aliphatic heterocycles.